The first kappa shape index (κ1) is 8.31. The number of alkyl halides is 3. The Balaban J connectivity index is 2.14. The molecule has 1 N–H and O–H groups in total. The van der Waals surface area contributed by atoms with Crippen molar-refractivity contribution < 1.29 is 23.0 Å². The summed E-state index contributed by atoms with van der Waals surface area (Å²) in [6.07, 6.45) is -4.32. The van der Waals surface area contributed by atoms with Crippen LogP contribution in [0.3, 0.4) is 0 Å². The molecule has 0 radical (unpaired) electrons. The minimum absolute atomic E-state index is 0.0694. The number of fused-ring (bicyclic) bond motifs is 1. The van der Waals surface area contributed by atoms with Crippen molar-refractivity contribution in [1.29, 1.82) is 0 Å². The molecule has 0 aromatic rings. The topological polar surface area (TPSA) is 29.5 Å². The van der Waals surface area contributed by atoms with Gasteiger partial charge in [-0.2, -0.15) is 13.2 Å². The molecule has 1 aliphatic carbocycles. The normalized spacial score (nSPS) is 46.0. The maximum atomic E-state index is 12.3. The van der Waals surface area contributed by atoms with Crippen molar-refractivity contribution >= 4 is 0 Å². The molecule has 70 valence electrons. The van der Waals surface area contributed by atoms with E-state index >= 15 is 0 Å². The van der Waals surface area contributed by atoms with Gasteiger partial charge in [-0.3, -0.25) is 0 Å². The van der Waals surface area contributed by atoms with Crippen LogP contribution in [0.25, 0.3) is 0 Å². The largest absolute Gasteiger partial charge is 0.396 e. The van der Waals surface area contributed by atoms with Crippen LogP contribution in [0.4, 0.5) is 13.2 Å². The molecule has 12 heavy (non-hydrogen) atoms. The Morgan fingerprint density at radius 1 is 1.33 bits per heavy atom. The second-order valence-electron chi connectivity index (χ2n) is 3.76. The molecule has 0 unspecified atom stereocenters. The summed E-state index contributed by atoms with van der Waals surface area (Å²) in [5.41, 5.74) is -2.51. The third-order valence-corrected chi connectivity index (χ3v) is 2.87. The van der Waals surface area contributed by atoms with E-state index in [0.717, 1.165) is 0 Å². The van der Waals surface area contributed by atoms with E-state index in [1.165, 1.54) is 0 Å². The molecule has 0 atom stereocenters. The standard InChI is InChI=1S/C7H9F3O2/c8-7(9,10)5-1-6(2-5,3-11)12-4-5/h11H,1-4H2. The first-order valence-corrected chi connectivity index (χ1v) is 3.75. The highest BCUT2D eigenvalue weighted by molar-refractivity contribution is 5.13. The third-order valence-electron chi connectivity index (χ3n) is 2.87. The van der Waals surface area contributed by atoms with Gasteiger partial charge in [0, 0.05) is 0 Å². The van der Waals surface area contributed by atoms with Crippen molar-refractivity contribution in [3.05, 3.63) is 0 Å². The summed E-state index contributed by atoms with van der Waals surface area (Å²) in [4.78, 5) is 0. The number of ether oxygens (including phenoxy) is 1. The molecule has 0 spiro atoms. The lowest BCUT2D eigenvalue weighted by Gasteiger charge is -2.44. The van der Waals surface area contributed by atoms with Crippen LogP contribution in [0.2, 0.25) is 0 Å². The summed E-state index contributed by atoms with van der Waals surface area (Å²) in [6, 6.07) is 0. The zero-order valence-electron chi connectivity index (χ0n) is 6.32. The molecule has 3 rings (SSSR count). The molecule has 2 heterocycles. The summed E-state index contributed by atoms with van der Waals surface area (Å²) in [7, 11) is 0. The van der Waals surface area contributed by atoms with Crippen LogP contribution in [0, 0.1) is 5.41 Å². The van der Waals surface area contributed by atoms with Gasteiger partial charge in [0.2, 0.25) is 0 Å². The van der Waals surface area contributed by atoms with Gasteiger partial charge in [0.25, 0.3) is 0 Å². The predicted molar refractivity (Wildman–Crippen MR) is 33.5 cm³/mol. The van der Waals surface area contributed by atoms with Gasteiger partial charge in [-0.25, -0.2) is 0 Å². The van der Waals surface area contributed by atoms with E-state index in [4.69, 9.17) is 9.84 Å². The zero-order chi connectivity index (χ0) is 9.04. The maximum Gasteiger partial charge on any atom is 0.396 e. The van der Waals surface area contributed by atoms with Crippen molar-refractivity contribution in [3.63, 3.8) is 0 Å². The third kappa shape index (κ3) is 0.781. The Morgan fingerprint density at radius 2 is 1.92 bits per heavy atom. The van der Waals surface area contributed by atoms with Gasteiger partial charge in [0.1, 0.15) is 0 Å². The highest BCUT2D eigenvalue weighted by Crippen LogP contribution is 2.64. The van der Waals surface area contributed by atoms with E-state index in [1.807, 2.05) is 0 Å². The number of hydrogen-bond acceptors (Lipinski definition) is 2. The number of aliphatic hydroxyl groups is 1. The molecule has 3 fully saturated rings. The van der Waals surface area contributed by atoms with Gasteiger partial charge < -0.3 is 9.84 Å². The summed E-state index contributed by atoms with van der Waals surface area (Å²) >= 11 is 0. The second kappa shape index (κ2) is 1.96. The minimum atomic E-state index is -4.18. The number of aliphatic hydroxyl groups excluding tert-OH is 1. The number of halogens is 3. The van der Waals surface area contributed by atoms with Crippen LogP contribution in [-0.4, -0.2) is 30.1 Å². The van der Waals surface area contributed by atoms with Crippen molar-refractivity contribution in [1.82, 2.24) is 0 Å². The van der Waals surface area contributed by atoms with Crippen LogP contribution in [0.15, 0.2) is 0 Å². The van der Waals surface area contributed by atoms with Crippen LogP contribution in [-0.2, 0) is 4.74 Å². The monoisotopic (exact) mass is 182 g/mol. The molecule has 3 aliphatic rings. The van der Waals surface area contributed by atoms with Gasteiger partial charge in [-0.1, -0.05) is 0 Å². The van der Waals surface area contributed by atoms with Gasteiger partial charge in [0.05, 0.1) is 24.2 Å². The first-order valence-electron chi connectivity index (χ1n) is 3.75. The van der Waals surface area contributed by atoms with Crippen LogP contribution in [0.5, 0.6) is 0 Å². The fourth-order valence-corrected chi connectivity index (χ4v) is 2.12. The lowest BCUT2D eigenvalue weighted by Crippen LogP contribution is -2.53. The van der Waals surface area contributed by atoms with E-state index in [1.54, 1.807) is 0 Å². The minimum Gasteiger partial charge on any atom is -0.393 e. The van der Waals surface area contributed by atoms with Crippen molar-refractivity contribution in [2.24, 2.45) is 5.41 Å². The lowest BCUT2D eigenvalue weighted by atomic mass is 9.62. The quantitative estimate of drug-likeness (QED) is 0.657. The van der Waals surface area contributed by atoms with Gasteiger partial charge in [-0.15, -0.1) is 0 Å². The van der Waals surface area contributed by atoms with Crippen molar-refractivity contribution in [2.75, 3.05) is 13.2 Å². The van der Waals surface area contributed by atoms with Gasteiger partial charge in [0.15, 0.2) is 0 Å². The Morgan fingerprint density at radius 3 is 2.17 bits per heavy atom. The Labute approximate surface area is 67.3 Å². The smallest absolute Gasteiger partial charge is 0.393 e. The molecule has 2 bridgehead atoms. The maximum absolute atomic E-state index is 12.3. The van der Waals surface area contributed by atoms with E-state index in [-0.39, 0.29) is 26.1 Å². The fourth-order valence-electron chi connectivity index (χ4n) is 2.12. The molecule has 2 saturated heterocycles. The highest BCUT2D eigenvalue weighted by Gasteiger charge is 2.73. The Hall–Kier alpha value is -0.290. The molecule has 0 aromatic heterocycles. The van der Waals surface area contributed by atoms with Crippen LogP contribution in [0.1, 0.15) is 12.8 Å². The molecular weight excluding hydrogens is 173 g/mol. The molecule has 1 saturated carbocycles. The Kier molecular flexibility index (Phi) is 1.36. The molecule has 2 nitrogen and oxygen atoms in total. The molecule has 2 aliphatic heterocycles. The first-order chi connectivity index (χ1) is 5.43. The van der Waals surface area contributed by atoms with E-state index in [9.17, 15) is 13.2 Å². The average molecular weight is 182 g/mol. The number of hydrogen-bond donors (Lipinski definition) is 1. The average Bonchev–Trinajstić information content (AvgIpc) is 2.37. The molecule has 0 amide bonds. The van der Waals surface area contributed by atoms with Crippen LogP contribution >= 0.6 is 0 Å². The SMILES string of the molecule is OCC12CC(C(F)(F)F)(CO1)C2. The second-order valence-corrected chi connectivity index (χ2v) is 3.76. The van der Waals surface area contributed by atoms with E-state index < -0.39 is 17.2 Å². The summed E-state index contributed by atoms with van der Waals surface area (Å²) in [6.45, 7) is -0.581. The predicted octanol–water partition coefficient (Wildman–Crippen LogP) is 1.09. The van der Waals surface area contributed by atoms with Crippen LogP contribution < -0.4 is 0 Å². The molecule has 5 heteroatoms. The van der Waals surface area contributed by atoms with Gasteiger partial charge in [-0.05, 0) is 12.8 Å². The van der Waals surface area contributed by atoms with E-state index in [0.29, 0.717) is 0 Å². The zero-order valence-corrected chi connectivity index (χ0v) is 6.32. The van der Waals surface area contributed by atoms with Crippen molar-refractivity contribution in [3.8, 4) is 0 Å². The fraction of sp³-hybridized carbons (Fsp3) is 1.00. The van der Waals surface area contributed by atoms with Crippen molar-refractivity contribution in [2.45, 2.75) is 24.6 Å². The van der Waals surface area contributed by atoms with E-state index in [2.05, 4.69) is 0 Å². The Bertz CT molecular complexity index is 205. The number of rotatable bonds is 1. The van der Waals surface area contributed by atoms with Gasteiger partial charge >= 0.3 is 6.18 Å². The summed E-state index contributed by atoms with van der Waals surface area (Å²) in [5, 5.41) is 8.75. The lowest BCUT2D eigenvalue weighted by molar-refractivity contribution is -0.246. The summed E-state index contributed by atoms with van der Waals surface area (Å²) in [5.74, 6) is 0. The molecular formula is C7H9F3O2. The highest BCUT2D eigenvalue weighted by atomic mass is 19.4. The summed E-state index contributed by atoms with van der Waals surface area (Å²) < 4.78 is 41.9. The molecule has 0 aromatic carbocycles.